The van der Waals surface area contributed by atoms with Gasteiger partial charge in [0, 0.05) is 13.2 Å². The van der Waals surface area contributed by atoms with E-state index in [9.17, 15) is 5.11 Å². The normalized spacial score (nSPS) is 25.1. The lowest BCUT2D eigenvalue weighted by atomic mass is 10.1. The van der Waals surface area contributed by atoms with Crippen LogP contribution in [-0.4, -0.2) is 37.5 Å². The van der Waals surface area contributed by atoms with Crippen molar-refractivity contribution in [2.75, 3.05) is 26.3 Å². The van der Waals surface area contributed by atoms with Crippen molar-refractivity contribution in [2.24, 2.45) is 17.8 Å². The van der Waals surface area contributed by atoms with Crippen molar-refractivity contribution in [3.05, 3.63) is 0 Å². The fourth-order valence-electron chi connectivity index (χ4n) is 2.84. The van der Waals surface area contributed by atoms with E-state index in [4.69, 9.17) is 4.74 Å². The maximum Gasteiger partial charge on any atom is 0.0897 e. The van der Waals surface area contributed by atoms with E-state index in [1.165, 1.54) is 25.7 Å². The molecule has 3 atom stereocenters. The number of hydrogen-bond acceptors (Lipinski definition) is 3. The van der Waals surface area contributed by atoms with Gasteiger partial charge in [-0.2, -0.15) is 0 Å². The van der Waals surface area contributed by atoms with Gasteiger partial charge in [0.15, 0.2) is 0 Å². The third-order valence-corrected chi connectivity index (χ3v) is 4.00. The van der Waals surface area contributed by atoms with Gasteiger partial charge in [-0.1, -0.05) is 27.2 Å². The van der Waals surface area contributed by atoms with Crippen molar-refractivity contribution < 1.29 is 9.84 Å². The minimum atomic E-state index is -0.363. The maximum absolute atomic E-state index is 9.80. The van der Waals surface area contributed by atoms with E-state index < -0.39 is 0 Å². The molecule has 1 rings (SSSR count). The van der Waals surface area contributed by atoms with Gasteiger partial charge in [0.05, 0.1) is 12.7 Å². The third-order valence-electron chi connectivity index (χ3n) is 4.00. The van der Waals surface area contributed by atoms with Crippen LogP contribution in [0, 0.1) is 17.8 Å². The maximum atomic E-state index is 9.80. The van der Waals surface area contributed by atoms with Crippen LogP contribution in [0.25, 0.3) is 0 Å². The minimum absolute atomic E-state index is 0.363. The molecule has 0 amide bonds. The van der Waals surface area contributed by atoms with Crippen molar-refractivity contribution in [3.8, 4) is 0 Å². The van der Waals surface area contributed by atoms with Crippen molar-refractivity contribution in [2.45, 2.75) is 59.0 Å². The monoisotopic (exact) mass is 271 g/mol. The molecule has 0 bridgehead atoms. The van der Waals surface area contributed by atoms with Gasteiger partial charge in [0.1, 0.15) is 0 Å². The summed E-state index contributed by atoms with van der Waals surface area (Å²) in [5.41, 5.74) is 0. The Balaban J connectivity index is 1.89. The highest BCUT2D eigenvalue weighted by Crippen LogP contribution is 2.29. The number of aliphatic hydroxyl groups excluding tert-OH is 1. The highest BCUT2D eigenvalue weighted by Gasteiger charge is 2.20. The van der Waals surface area contributed by atoms with Gasteiger partial charge >= 0.3 is 0 Å². The average Bonchev–Trinajstić information content (AvgIpc) is 2.74. The number of rotatable bonds is 10. The van der Waals surface area contributed by atoms with Gasteiger partial charge in [0.25, 0.3) is 0 Å². The van der Waals surface area contributed by atoms with Crippen LogP contribution in [0.2, 0.25) is 0 Å². The zero-order chi connectivity index (χ0) is 14.1. The topological polar surface area (TPSA) is 41.5 Å². The van der Waals surface area contributed by atoms with E-state index >= 15 is 0 Å². The number of hydrogen-bond donors (Lipinski definition) is 2. The van der Waals surface area contributed by atoms with Gasteiger partial charge < -0.3 is 15.2 Å². The molecular weight excluding hydrogens is 238 g/mol. The van der Waals surface area contributed by atoms with Crippen LogP contribution in [0.4, 0.5) is 0 Å². The molecule has 1 saturated carbocycles. The molecule has 0 spiro atoms. The highest BCUT2D eigenvalue weighted by atomic mass is 16.5. The lowest BCUT2D eigenvalue weighted by molar-refractivity contribution is 0.0344. The molecule has 3 heteroatoms. The molecule has 0 aromatic heterocycles. The molecule has 0 radical (unpaired) electrons. The summed E-state index contributed by atoms with van der Waals surface area (Å²) in [4.78, 5) is 0. The zero-order valence-corrected chi connectivity index (χ0v) is 13.0. The van der Waals surface area contributed by atoms with E-state index in [0.29, 0.717) is 13.2 Å². The molecule has 0 aromatic rings. The van der Waals surface area contributed by atoms with E-state index in [0.717, 1.165) is 37.3 Å². The molecule has 114 valence electrons. The fourth-order valence-corrected chi connectivity index (χ4v) is 2.84. The Morgan fingerprint density at radius 2 is 2.11 bits per heavy atom. The van der Waals surface area contributed by atoms with Gasteiger partial charge in [-0.3, -0.25) is 0 Å². The summed E-state index contributed by atoms with van der Waals surface area (Å²) in [5.74, 6) is 2.44. The van der Waals surface area contributed by atoms with Crippen molar-refractivity contribution >= 4 is 0 Å². The molecule has 3 nitrogen and oxygen atoms in total. The van der Waals surface area contributed by atoms with Crippen LogP contribution >= 0.6 is 0 Å². The molecule has 0 saturated heterocycles. The first-order valence-corrected chi connectivity index (χ1v) is 8.04. The first kappa shape index (κ1) is 16.9. The average molecular weight is 271 g/mol. The molecule has 0 heterocycles. The summed E-state index contributed by atoms with van der Waals surface area (Å²) >= 11 is 0. The van der Waals surface area contributed by atoms with Gasteiger partial charge in [-0.15, -0.1) is 0 Å². The lowest BCUT2D eigenvalue weighted by Crippen LogP contribution is -2.33. The van der Waals surface area contributed by atoms with Gasteiger partial charge in [-0.05, 0) is 50.0 Å². The second-order valence-electron chi connectivity index (χ2n) is 6.71. The Labute approximate surface area is 119 Å². The van der Waals surface area contributed by atoms with Crippen LogP contribution < -0.4 is 5.32 Å². The summed E-state index contributed by atoms with van der Waals surface area (Å²) in [7, 11) is 0. The molecule has 2 N–H and O–H groups in total. The predicted molar refractivity (Wildman–Crippen MR) is 80.3 cm³/mol. The standard InChI is InChI=1S/C16H33NO2/c1-13(2)5-4-8-19-12-16(18)11-17-10-15-7-6-14(3)9-15/h13-18H,4-12H2,1-3H3. The quantitative estimate of drug-likeness (QED) is 0.600. The van der Waals surface area contributed by atoms with Crippen molar-refractivity contribution in [3.63, 3.8) is 0 Å². The SMILES string of the molecule is CC(C)CCCOCC(O)CNCC1CCC(C)C1. The summed E-state index contributed by atoms with van der Waals surface area (Å²) in [6.07, 6.45) is 5.99. The van der Waals surface area contributed by atoms with Crippen LogP contribution in [0.1, 0.15) is 52.9 Å². The lowest BCUT2D eigenvalue weighted by Gasteiger charge is -2.15. The number of nitrogens with one attached hydrogen (secondary N) is 1. The molecule has 1 aliphatic carbocycles. The fraction of sp³-hybridized carbons (Fsp3) is 1.00. The number of aliphatic hydroxyl groups is 1. The molecule has 0 aliphatic heterocycles. The Hall–Kier alpha value is -0.120. The second kappa shape index (κ2) is 9.73. The molecule has 1 aliphatic rings. The third kappa shape index (κ3) is 8.61. The first-order chi connectivity index (χ1) is 9.08. The van der Waals surface area contributed by atoms with E-state index in [1.807, 2.05) is 0 Å². The van der Waals surface area contributed by atoms with Crippen molar-refractivity contribution in [1.82, 2.24) is 5.32 Å². The van der Waals surface area contributed by atoms with Crippen LogP contribution in [0.15, 0.2) is 0 Å². The Morgan fingerprint density at radius 1 is 1.32 bits per heavy atom. The van der Waals surface area contributed by atoms with Crippen LogP contribution in [0.3, 0.4) is 0 Å². The molecule has 0 aromatic carbocycles. The summed E-state index contributed by atoms with van der Waals surface area (Å²) in [6.45, 7) is 9.73. The van der Waals surface area contributed by atoms with Gasteiger partial charge in [-0.25, -0.2) is 0 Å². The first-order valence-electron chi connectivity index (χ1n) is 8.04. The Kier molecular flexibility index (Phi) is 8.67. The second-order valence-corrected chi connectivity index (χ2v) is 6.71. The zero-order valence-electron chi connectivity index (χ0n) is 13.0. The minimum Gasteiger partial charge on any atom is -0.389 e. The molecule has 3 unspecified atom stereocenters. The van der Waals surface area contributed by atoms with Gasteiger partial charge in [0.2, 0.25) is 0 Å². The largest absolute Gasteiger partial charge is 0.389 e. The summed E-state index contributed by atoms with van der Waals surface area (Å²) < 4.78 is 5.50. The molecular formula is C16H33NO2. The Bertz CT molecular complexity index is 221. The summed E-state index contributed by atoms with van der Waals surface area (Å²) in [5, 5.41) is 13.2. The predicted octanol–water partition coefficient (Wildman–Crippen LogP) is 2.83. The molecule has 1 fully saturated rings. The highest BCUT2D eigenvalue weighted by molar-refractivity contribution is 4.74. The summed E-state index contributed by atoms with van der Waals surface area (Å²) in [6, 6.07) is 0. The molecule has 19 heavy (non-hydrogen) atoms. The number of ether oxygens (including phenoxy) is 1. The van der Waals surface area contributed by atoms with E-state index in [1.54, 1.807) is 0 Å². The van der Waals surface area contributed by atoms with Crippen LogP contribution in [-0.2, 0) is 4.74 Å². The smallest absolute Gasteiger partial charge is 0.0897 e. The van der Waals surface area contributed by atoms with Crippen LogP contribution in [0.5, 0.6) is 0 Å². The Morgan fingerprint density at radius 3 is 2.74 bits per heavy atom. The van der Waals surface area contributed by atoms with Crippen molar-refractivity contribution in [1.29, 1.82) is 0 Å². The van der Waals surface area contributed by atoms with E-state index in [2.05, 4.69) is 26.1 Å². The van der Waals surface area contributed by atoms with E-state index in [-0.39, 0.29) is 6.10 Å².